The van der Waals surface area contributed by atoms with Crippen LogP contribution in [-0.2, 0) is 6.54 Å². The van der Waals surface area contributed by atoms with Gasteiger partial charge >= 0.3 is 0 Å². The van der Waals surface area contributed by atoms with E-state index in [-0.39, 0.29) is 0 Å². The molecular formula is C25H29N5O4. The van der Waals surface area contributed by atoms with Gasteiger partial charge in [-0.05, 0) is 44.1 Å². The van der Waals surface area contributed by atoms with Crippen molar-refractivity contribution in [3.05, 3.63) is 41.6 Å². The van der Waals surface area contributed by atoms with E-state index in [1.165, 1.54) is 5.56 Å². The number of hydrogen-bond acceptors (Lipinski definition) is 9. The van der Waals surface area contributed by atoms with Crippen LogP contribution in [0.15, 0.2) is 30.3 Å². The van der Waals surface area contributed by atoms with E-state index in [9.17, 15) is 0 Å². The Labute approximate surface area is 198 Å². The maximum Gasteiger partial charge on any atom is 0.276 e. The van der Waals surface area contributed by atoms with Crippen molar-refractivity contribution in [1.29, 1.82) is 0 Å². The normalized spacial score (nSPS) is 20.2. The zero-order valence-electron chi connectivity index (χ0n) is 19.3. The molecular weight excluding hydrogens is 434 g/mol. The number of pyridine rings is 1. The molecule has 0 bridgehead atoms. The molecule has 1 N–H and O–H groups in total. The van der Waals surface area contributed by atoms with Crippen molar-refractivity contribution >= 4 is 10.9 Å². The van der Waals surface area contributed by atoms with Crippen LogP contribution in [-0.4, -0.2) is 72.7 Å². The quantitative estimate of drug-likeness (QED) is 0.592. The van der Waals surface area contributed by atoms with Gasteiger partial charge in [-0.15, -0.1) is 5.10 Å². The van der Waals surface area contributed by atoms with E-state index in [0.29, 0.717) is 55.8 Å². The molecule has 1 fully saturated rings. The highest BCUT2D eigenvalue weighted by Crippen LogP contribution is 2.40. The molecule has 1 unspecified atom stereocenters. The Balaban J connectivity index is 1.05. The first-order valence-electron chi connectivity index (χ1n) is 12.0. The van der Waals surface area contributed by atoms with Crippen molar-refractivity contribution in [2.45, 2.75) is 31.3 Å². The molecule has 0 spiro atoms. The van der Waals surface area contributed by atoms with Gasteiger partial charge in [-0.1, -0.05) is 0 Å². The molecule has 1 atom stereocenters. The number of nitrogens with one attached hydrogen (secondary N) is 1. The number of methoxy groups -OCH3 is 1. The van der Waals surface area contributed by atoms with Crippen molar-refractivity contribution < 1.29 is 18.9 Å². The molecule has 0 aliphatic carbocycles. The van der Waals surface area contributed by atoms with Gasteiger partial charge in [0.15, 0.2) is 5.75 Å². The Kier molecular flexibility index (Phi) is 5.80. The van der Waals surface area contributed by atoms with Crippen LogP contribution in [0.5, 0.6) is 23.3 Å². The zero-order valence-corrected chi connectivity index (χ0v) is 19.3. The lowest BCUT2D eigenvalue weighted by atomic mass is 9.96. The largest absolute Gasteiger partial charge is 0.493 e. The summed E-state index contributed by atoms with van der Waals surface area (Å²) in [6, 6.07) is 10.5. The molecule has 0 amide bonds. The Morgan fingerprint density at radius 3 is 2.76 bits per heavy atom. The fourth-order valence-corrected chi connectivity index (χ4v) is 5.09. The van der Waals surface area contributed by atoms with Gasteiger partial charge in [0.1, 0.15) is 19.0 Å². The minimum atomic E-state index is 0.316. The summed E-state index contributed by atoms with van der Waals surface area (Å²) in [5.41, 5.74) is 3.09. The molecule has 5 heterocycles. The van der Waals surface area contributed by atoms with Crippen LogP contribution in [0.2, 0.25) is 0 Å². The van der Waals surface area contributed by atoms with Crippen LogP contribution < -0.4 is 24.3 Å². The zero-order chi connectivity index (χ0) is 22.9. The molecule has 2 aromatic heterocycles. The molecule has 6 rings (SSSR count). The summed E-state index contributed by atoms with van der Waals surface area (Å²) in [6.45, 7) is 5.55. The molecule has 3 aliphatic rings. The van der Waals surface area contributed by atoms with Crippen LogP contribution in [0.1, 0.15) is 30.0 Å². The highest BCUT2D eigenvalue weighted by atomic mass is 16.6. The average molecular weight is 464 g/mol. The number of piperidine rings is 1. The first kappa shape index (κ1) is 21.4. The Hall–Kier alpha value is -3.17. The fraction of sp³-hybridized carbons (Fsp3) is 0.480. The van der Waals surface area contributed by atoms with Gasteiger partial charge in [0.05, 0.1) is 24.9 Å². The number of aromatic nitrogens is 3. The molecule has 0 saturated carbocycles. The fourth-order valence-electron chi connectivity index (χ4n) is 5.09. The molecule has 0 radical (unpaired) electrons. The number of ether oxygens (including phenoxy) is 4. The van der Waals surface area contributed by atoms with Gasteiger partial charge in [-0.2, -0.15) is 5.10 Å². The van der Waals surface area contributed by atoms with Crippen molar-refractivity contribution in [2.24, 2.45) is 0 Å². The smallest absolute Gasteiger partial charge is 0.276 e. The molecule has 3 aliphatic heterocycles. The number of nitrogens with zero attached hydrogens (tertiary/aromatic N) is 4. The minimum Gasteiger partial charge on any atom is -0.493 e. The van der Waals surface area contributed by atoms with E-state index in [0.717, 1.165) is 54.8 Å². The Morgan fingerprint density at radius 1 is 1.03 bits per heavy atom. The van der Waals surface area contributed by atoms with Crippen molar-refractivity contribution in [1.82, 2.24) is 25.4 Å². The highest BCUT2D eigenvalue weighted by Gasteiger charge is 2.30. The molecule has 9 heteroatoms. The third-order valence-corrected chi connectivity index (χ3v) is 6.89. The van der Waals surface area contributed by atoms with E-state index in [2.05, 4.69) is 38.6 Å². The van der Waals surface area contributed by atoms with Crippen LogP contribution >= 0.6 is 0 Å². The number of rotatable bonds is 6. The number of likely N-dealkylation sites (tertiary alicyclic amines) is 1. The van der Waals surface area contributed by atoms with Gasteiger partial charge in [-0.3, -0.25) is 0 Å². The Bertz CT molecular complexity index is 1180. The van der Waals surface area contributed by atoms with E-state index in [1.54, 1.807) is 7.11 Å². The molecule has 1 saturated heterocycles. The van der Waals surface area contributed by atoms with Gasteiger partial charge < -0.3 is 29.2 Å². The van der Waals surface area contributed by atoms with Crippen LogP contribution in [0, 0.1) is 0 Å². The van der Waals surface area contributed by atoms with E-state index >= 15 is 0 Å². The summed E-state index contributed by atoms with van der Waals surface area (Å²) in [4.78, 5) is 7.29. The predicted molar refractivity (Wildman–Crippen MR) is 126 cm³/mol. The third-order valence-electron chi connectivity index (χ3n) is 6.89. The summed E-state index contributed by atoms with van der Waals surface area (Å²) >= 11 is 0. The molecule has 9 nitrogen and oxygen atoms in total. The molecule has 3 aromatic rings. The van der Waals surface area contributed by atoms with Crippen LogP contribution in [0.25, 0.3) is 10.9 Å². The van der Waals surface area contributed by atoms with Gasteiger partial charge in [-0.25, -0.2) is 4.98 Å². The van der Waals surface area contributed by atoms with Gasteiger partial charge in [0.2, 0.25) is 5.88 Å². The SMILES string of the molecule is COc1ccc2ccc3c(c2n1)C(CN1CCC(NCc2cc4c(nn2)OCCO4)CC1)CO3. The molecule has 34 heavy (non-hydrogen) atoms. The average Bonchev–Trinajstić information content (AvgIpc) is 3.31. The van der Waals surface area contributed by atoms with E-state index < -0.39 is 0 Å². The summed E-state index contributed by atoms with van der Waals surface area (Å²) in [5, 5.41) is 13.2. The van der Waals surface area contributed by atoms with E-state index in [1.807, 2.05) is 12.1 Å². The second kappa shape index (κ2) is 9.23. The second-order valence-electron chi connectivity index (χ2n) is 9.07. The standard InChI is InChI=1S/C25H29N5O4/c1-31-22-5-3-16-2-4-20-23(24(16)27-22)17(15-34-20)14-30-8-6-18(7-9-30)26-13-19-12-21-25(29-28-19)33-11-10-32-21/h2-5,12,17-18,26H,6-11,13-15H2,1H3. The predicted octanol–water partition coefficient (Wildman–Crippen LogP) is 2.53. The maximum absolute atomic E-state index is 6.03. The first-order valence-corrected chi connectivity index (χ1v) is 12.0. The van der Waals surface area contributed by atoms with Gasteiger partial charge in [0, 0.05) is 48.1 Å². The monoisotopic (exact) mass is 463 g/mol. The summed E-state index contributed by atoms with van der Waals surface area (Å²) in [7, 11) is 1.66. The van der Waals surface area contributed by atoms with Crippen LogP contribution in [0.3, 0.4) is 0 Å². The second-order valence-corrected chi connectivity index (χ2v) is 9.07. The highest BCUT2D eigenvalue weighted by molar-refractivity contribution is 5.85. The maximum atomic E-state index is 6.03. The summed E-state index contributed by atoms with van der Waals surface area (Å²) in [5.74, 6) is 3.08. The summed E-state index contributed by atoms with van der Waals surface area (Å²) in [6.07, 6.45) is 2.19. The topological polar surface area (TPSA) is 90.9 Å². The van der Waals surface area contributed by atoms with Crippen molar-refractivity contribution in [2.75, 3.05) is 46.6 Å². The molecule has 1 aromatic carbocycles. The number of fused-ring (bicyclic) bond motifs is 4. The lowest BCUT2D eigenvalue weighted by Crippen LogP contribution is -2.43. The van der Waals surface area contributed by atoms with Crippen molar-refractivity contribution in [3.8, 4) is 23.3 Å². The van der Waals surface area contributed by atoms with E-state index in [4.69, 9.17) is 23.9 Å². The third kappa shape index (κ3) is 4.21. The Morgan fingerprint density at radius 2 is 1.88 bits per heavy atom. The number of benzene rings is 1. The minimum absolute atomic E-state index is 0.316. The molecule has 178 valence electrons. The van der Waals surface area contributed by atoms with Gasteiger partial charge in [0.25, 0.3) is 5.88 Å². The lowest BCUT2D eigenvalue weighted by molar-refractivity contribution is 0.161. The number of hydrogen-bond donors (Lipinski definition) is 1. The summed E-state index contributed by atoms with van der Waals surface area (Å²) < 4.78 is 22.5. The first-order chi connectivity index (χ1) is 16.8. The van der Waals surface area contributed by atoms with Crippen molar-refractivity contribution in [3.63, 3.8) is 0 Å². The van der Waals surface area contributed by atoms with Crippen LogP contribution in [0.4, 0.5) is 0 Å². The lowest BCUT2D eigenvalue weighted by Gasteiger charge is -2.33.